The fraction of sp³-hybridized carbons (Fsp3) is 0.679. The van der Waals surface area contributed by atoms with Gasteiger partial charge in [-0.25, -0.2) is 9.78 Å². The summed E-state index contributed by atoms with van der Waals surface area (Å²) in [4.78, 5) is 33.0. The number of ether oxygens (including phenoxy) is 1. The van der Waals surface area contributed by atoms with Crippen molar-refractivity contribution in [3.8, 4) is 0 Å². The topological polar surface area (TPSA) is 64.4 Å². The number of rotatable bonds is 3. The molecule has 6 nitrogen and oxygen atoms in total. The summed E-state index contributed by atoms with van der Waals surface area (Å²) < 4.78 is 6.76. The highest BCUT2D eigenvalue weighted by Gasteiger charge is 2.44. The number of piperidine rings is 1. The number of hydrogen-bond acceptors (Lipinski definition) is 5. The van der Waals surface area contributed by atoms with Gasteiger partial charge in [-0.2, -0.15) is 0 Å². The molecule has 3 heterocycles. The SMILES string of the molecule is COC(=O)c1nc2ccccc2n([C@H]2C[C@H]3CC[C@@H](C2)N3C2CCCCCCCCCC2)c1=O. The Bertz CT molecular complexity index is 1040. The van der Waals surface area contributed by atoms with Crippen molar-refractivity contribution in [1.82, 2.24) is 14.5 Å². The molecule has 2 aromatic rings. The molecule has 2 bridgehead atoms. The predicted octanol–water partition coefficient (Wildman–Crippen LogP) is 5.63. The number of hydrogen-bond donors (Lipinski definition) is 0. The van der Waals surface area contributed by atoms with Gasteiger partial charge in [-0.15, -0.1) is 0 Å². The van der Waals surface area contributed by atoms with Crippen molar-refractivity contribution < 1.29 is 9.53 Å². The van der Waals surface area contributed by atoms with Gasteiger partial charge in [0, 0.05) is 24.2 Å². The molecule has 184 valence electrons. The number of methoxy groups -OCH3 is 1. The van der Waals surface area contributed by atoms with E-state index in [1.54, 1.807) is 0 Å². The summed E-state index contributed by atoms with van der Waals surface area (Å²) in [7, 11) is 1.31. The smallest absolute Gasteiger partial charge is 0.362 e. The maximum Gasteiger partial charge on any atom is 0.362 e. The molecular formula is C28H39N3O3. The summed E-state index contributed by atoms with van der Waals surface area (Å²) in [5, 5.41) is 0. The van der Waals surface area contributed by atoms with Gasteiger partial charge in [0.15, 0.2) is 0 Å². The monoisotopic (exact) mass is 465 g/mol. The van der Waals surface area contributed by atoms with Crippen LogP contribution in [-0.2, 0) is 4.74 Å². The molecule has 1 aromatic heterocycles. The lowest BCUT2D eigenvalue weighted by atomic mass is 9.91. The van der Waals surface area contributed by atoms with E-state index in [0.717, 1.165) is 18.4 Å². The lowest BCUT2D eigenvalue weighted by molar-refractivity contribution is 0.0511. The summed E-state index contributed by atoms with van der Waals surface area (Å²) in [5.41, 5.74) is 1.10. The molecule has 3 fully saturated rings. The molecule has 5 rings (SSSR count). The summed E-state index contributed by atoms with van der Waals surface area (Å²) >= 11 is 0. The second kappa shape index (κ2) is 10.6. The molecule has 2 saturated heterocycles. The Hall–Kier alpha value is -2.21. The van der Waals surface area contributed by atoms with Gasteiger partial charge in [-0.3, -0.25) is 9.69 Å². The van der Waals surface area contributed by atoms with E-state index in [-0.39, 0.29) is 17.3 Å². The molecule has 0 radical (unpaired) electrons. The quantitative estimate of drug-likeness (QED) is 0.549. The highest BCUT2D eigenvalue weighted by atomic mass is 16.5. The van der Waals surface area contributed by atoms with Crippen molar-refractivity contribution in [2.75, 3.05) is 7.11 Å². The maximum atomic E-state index is 13.5. The number of esters is 1. The average molecular weight is 466 g/mol. The van der Waals surface area contributed by atoms with Crippen LogP contribution < -0.4 is 5.56 Å². The third kappa shape index (κ3) is 4.66. The molecule has 6 heteroatoms. The van der Waals surface area contributed by atoms with E-state index in [1.165, 1.54) is 84.2 Å². The molecule has 0 amide bonds. The minimum Gasteiger partial charge on any atom is -0.464 e. The fourth-order valence-corrected chi connectivity index (χ4v) is 7.00. The van der Waals surface area contributed by atoms with Crippen molar-refractivity contribution in [3.05, 3.63) is 40.3 Å². The van der Waals surface area contributed by atoms with E-state index in [9.17, 15) is 9.59 Å². The third-order valence-electron chi connectivity index (χ3n) is 8.55. The Labute approximate surface area is 202 Å². The van der Waals surface area contributed by atoms with Crippen molar-refractivity contribution in [1.29, 1.82) is 0 Å². The van der Waals surface area contributed by atoms with E-state index in [0.29, 0.717) is 23.6 Å². The molecule has 3 aliphatic rings. The molecule has 1 saturated carbocycles. The number of fused-ring (bicyclic) bond motifs is 3. The van der Waals surface area contributed by atoms with Gasteiger partial charge in [-0.05, 0) is 50.7 Å². The standard InChI is InChI=1S/C28H39N3O3/c1-34-28(33)26-27(32)31(25-15-11-10-14-24(25)29-26)23-18-21-16-17-22(19-23)30(21)20-12-8-6-4-2-3-5-7-9-13-20/h10-11,14-15,20-23H,2-9,12-13,16-19H2,1H3/t21-,22+,23+. The van der Waals surface area contributed by atoms with Crippen LogP contribution in [-0.4, -0.2) is 45.7 Å². The van der Waals surface area contributed by atoms with Crippen molar-refractivity contribution in [2.45, 2.75) is 114 Å². The first-order chi connectivity index (χ1) is 16.7. The highest BCUT2D eigenvalue weighted by molar-refractivity contribution is 5.89. The number of carbonyl (C=O) groups is 1. The normalized spacial score (nSPS) is 27.4. The molecule has 0 N–H and O–H groups in total. The van der Waals surface area contributed by atoms with Crippen LogP contribution in [0.15, 0.2) is 29.1 Å². The molecule has 2 aliphatic heterocycles. The van der Waals surface area contributed by atoms with Crippen LogP contribution in [0.5, 0.6) is 0 Å². The molecule has 3 atom stereocenters. The molecular weight excluding hydrogens is 426 g/mol. The Morgan fingerprint density at radius 3 is 2.03 bits per heavy atom. The summed E-state index contributed by atoms with van der Waals surface area (Å²) in [6.45, 7) is 0. The second-order valence-corrected chi connectivity index (χ2v) is 10.6. The number of carbonyl (C=O) groups excluding carboxylic acids is 1. The molecule has 0 spiro atoms. The molecule has 1 aromatic carbocycles. The van der Waals surface area contributed by atoms with Gasteiger partial charge >= 0.3 is 5.97 Å². The van der Waals surface area contributed by atoms with Crippen LogP contribution in [0.25, 0.3) is 11.0 Å². The van der Waals surface area contributed by atoms with Gasteiger partial charge in [0.1, 0.15) is 0 Å². The van der Waals surface area contributed by atoms with Gasteiger partial charge in [0.2, 0.25) is 5.69 Å². The number of aromatic nitrogens is 2. The van der Waals surface area contributed by atoms with Gasteiger partial charge in [0.25, 0.3) is 5.56 Å². The minimum absolute atomic E-state index is 0.0975. The summed E-state index contributed by atoms with van der Waals surface area (Å²) in [6.07, 6.45) is 18.1. The molecule has 1 aliphatic carbocycles. The maximum absolute atomic E-state index is 13.5. The fourth-order valence-electron chi connectivity index (χ4n) is 7.00. The van der Waals surface area contributed by atoms with Crippen LogP contribution >= 0.6 is 0 Å². The molecule has 34 heavy (non-hydrogen) atoms. The van der Waals surface area contributed by atoms with Gasteiger partial charge in [-0.1, -0.05) is 63.5 Å². The largest absolute Gasteiger partial charge is 0.464 e. The van der Waals surface area contributed by atoms with Crippen molar-refractivity contribution in [2.24, 2.45) is 0 Å². The van der Waals surface area contributed by atoms with Crippen LogP contribution in [0.1, 0.15) is 106 Å². The number of para-hydroxylation sites is 2. The summed E-state index contributed by atoms with van der Waals surface area (Å²) in [5.74, 6) is -0.651. The Kier molecular flexibility index (Phi) is 7.33. The zero-order valence-electron chi connectivity index (χ0n) is 20.6. The van der Waals surface area contributed by atoms with Crippen LogP contribution in [0.3, 0.4) is 0 Å². The van der Waals surface area contributed by atoms with Crippen LogP contribution in [0.2, 0.25) is 0 Å². The first-order valence-electron chi connectivity index (χ1n) is 13.5. The lowest BCUT2D eigenvalue weighted by Crippen LogP contribution is -2.50. The van der Waals surface area contributed by atoms with E-state index < -0.39 is 5.97 Å². The predicted molar refractivity (Wildman–Crippen MR) is 134 cm³/mol. The number of nitrogens with zero attached hydrogens (tertiary/aromatic N) is 3. The minimum atomic E-state index is -0.651. The Morgan fingerprint density at radius 2 is 1.41 bits per heavy atom. The zero-order valence-corrected chi connectivity index (χ0v) is 20.6. The van der Waals surface area contributed by atoms with Crippen molar-refractivity contribution in [3.63, 3.8) is 0 Å². The average Bonchev–Trinajstić information content (AvgIpc) is 3.09. The van der Waals surface area contributed by atoms with E-state index in [4.69, 9.17) is 4.74 Å². The first-order valence-corrected chi connectivity index (χ1v) is 13.5. The van der Waals surface area contributed by atoms with E-state index in [2.05, 4.69) is 9.88 Å². The van der Waals surface area contributed by atoms with E-state index in [1.807, 2.05) is 28.8 Å². The number of benzene rings is 1. The van der Waals surface area contributed by atoms with Crippen LogP contribution in [0.4, 0.5) is 0 Å². The molecule has 0 unspecified atom stereocenters. The second-order valence-electron chi connectivity index (χ2n) is 10.6. The highest BCUT2D eigenvalue weighted by Crippen LogP contribution is 2.44. The Balaban J connectivity index is 1.42. The van der Waals surface area contributed by atoms with E-state index >= 15 is 0 Å². The Morgan fingerprint density at radius 1 is 0.824 bits per heavy atom. The third-order valence-corrected chi connectivity index (χ3v) is 8.55. The van der Waals surface area contributed by atoms with Crippen molar-refractivity contribution >= 4 is 17.0 Å². The first kappa shape index (κ1) is 23.5. The lowest BCUT2D eigenvalue weighted by Gasteiger charge is -2.44. The van der Waals surface area contributed by atoms with Gasteiger partial charge < -0.3 is 9.30 Å². The summed E-state index contributed by atoms with van der Waals surface area (Å²) in [6, 6.07) is 9.53. The van der Waals surface area contributed by atoms with Crippen LogP contribution in [0, 0.1) is 0 Å². The zero-order chi connectivity index (χ0) is 23.5. The van der Waals surface area contributed by atoms with Gasteiger partial charge in [0.05, 0.1) is 18.1 Å².